The zero-order chi connectivity index (χ0) is 14.6. The Bertz CT molecular complexity index is 213. The van der Waals surface area contributed by atoms with Gasteiger partial charge < -0.3 is 4.43 Å². The highest BCUT2D eigenvalue weighted by atomic mass is 28.4. The van der Waals surface area contributed by atoms with Crippen LogP contribution in [0.15, 0.2) is 12.7 Å². The maximum Gasteiger partial charge on any atom is 0.190 e. The van der Waals surface area contributed by atoms with Crippen LogP contribution < -0.4 is 0 Å². The fourth-order valence-corrected chi connectivity index (χ4v) is 4.50. The van der Waals surface area contributed by atoms with Crippen LogP contribution in [0.5, 0.6) is 0 Å². The molecule has 0 aliphatic rings. The monoisotopic (exact) mass is 284 g/mol. The summed E-state index contributed by atoms with van der Waals surface area (Å²) in [6.07, 6.45) is 14.6. The zero-order valence-electron chi connectivity index (χ0n) is 13.8. The van der Waals surface area contributed by atoms with E-state index in [0.29, 0.717) is 6.10 Å². The van der Waals surface area contributed by atoms with E-state index in [1.807, 2.05) is 6.08 Å². The van der Waals surface area contributed by atoms with Gasteiger partial charge in [-0.25, -0.2) is 0 Å². The first-order chi connectivity index (χ1) is 9.05. The van der Waals surface area contributed by atoms with Gasteiger partial charge in [0, 0.05) is 6.10 Å². The lowest BCUT2D eigenvalue weighted by Crippen LogP contribution is -2.34. The van der Waals surface area contributed by atoms with Crippen LogP contribution in [-0.2, 0) is 4.43 Å². The summed E-state index contributed by atoms with van der Waals surface area (Å²) in [7, 11) is -1.49. The number of rotatable bonds is 13. The van der Waals surface area contributed by atoms with E-state index in [4.69, 9.17) is 4.43 Å². The van der Waals surface area contributed by atoms with E-state index in [9.17, 15) is 0 Å². The molecule has 0 N–H and O–H groups in total. The van der Waals surface area contributed by atoms with Crippen LogP contribution in [0.3, 0.4) is 0 Å². The molecule has 2 heteroatoms. The lowest BCUT2D eigenvalue weighted by atomic mass is 10.1. The van der Waals surface area contributed by atoms with Gasteiger partial charge in [-0.2, -0.15) is 0 Å². The molecule has 0 spiro atoms. The molecule has 0 aliphatic carbocycles. The van der Waals surface area contributed by atoms with Crippen molar-refractivity contribution in [1.29, 1.82) is 0 Å². The summed E-state index contributed by atoms with van der Waals surface area (Å²) in [4.78, 5) is 0. The topological polar surface area (TPSA) is 9.23 Å². The van der Waals surface area contributed by atoms with Crippen LogP contribution in [0.2, 0.25) is 19.1 Å². The van der Waals surface area contributed by atoms with Gasteiger partial charge in [-0.15, -0.1) is 6.58 Å². The Morgan fingerprint density at radius 2 is 1.58 bits per heavy atom. The number of allylic oxidation sites excluding steroid dienone is 1. The molecule has 0 amide bonds. The molecule has 0 fully saturated rings. The van der Waals surface area contributed by atoms with E-state index >= 15 is 0 Å². The number of hydrogen-bond acceptors (Lipinski definition) is 1. The Morgan fingerprint density at radius 3 is 2.11 bits per heavy atom. The molecular weight excluding hydrogens is 248 g/mol. The molecule has 0 bridgehead atoms. The van der Waals surface area contributed by atoms with Gasteiger partial charge in [-0.1, -0.05) is 64.9 Å². The molecule has 0 rings (SSSR count). The number of unbranched alkanes of at least 4 members (excludes halogenated alkanes) is 6. The summed E-state index contributed by atoms with van der Waals surface area (Å²) < 4.78 is 6.34. The highest BCUT2D eigenvalue weighted by Gasteiger charge is 2.24. The van der Waals surface area contributed by atoms with E-state index in [-0.39, 0.29) is 0 Å². The Labute approximate surface area is 123 Å². The van der Waals surface area contributed by atoms with Gasteiger partial charge in [-0.3, -0.25) is 0 Å². The highest BCUT2D eigenvalue weighted by molar-refractivity contribution is 6.71. The second kappa shape index (κ2) is 11.7. The smallest absolute Gasteiger partial charge is 0.190 e. The van der Waals surface area contributed by atoms with Crippen LogP contribution >= 0.6 is 0 Å². The Balaban J connectivity index is 3.67. The third kappa shape index (κ3) is 11.4. The summed E-state index contributed by atoms with van der Waals surface area (Å²) in [5.74, 6) is 0. The van der Waals surface area contributed by atoms with Crippen LogP contribution in [0.4, 0.5) is 0 Å². The standard InChI is InChI=1S/C17H36OSi/c1-6-9-10-11-12-13-14-15-17(8-3)18-19(4,5)16-7-2/h7,17H,2,6,8-16H2,1,3-5H3. The van der Waals surface area contributed by atoms with Crippen molar-refractivity contribution in [2.75, 3.05) is 0 Å². The van der Waals surface area contributed by atoms with Crippen molar-refractivity contribution >= 4 is 8.32 Å². The molecule has 0 radical (unpaired) electrons. The van der Waals surface area contributed by atoms with Gasteiger partial charge in [0.25, 0.3) is 0 Å². The van der Waals surface area contributed by atoms with Gasteiger partial charge in [-0.05, 0) is 32.0 Å². The second-order valence-corrected chi connectivity index (χ2v) is 10.5. The van der Waals surface area contributed by atoms with Gasteiger partial charge in [0.15, 0.2) is 8.32 Å². The predicted molar refractivity (Wildman–Crippen MR) is 90.3 cm³/mol. The molecular formula is C17H36OSi. The molecule has 0 aromatic heterocycles. The van der Waals surface area contributed by atoms with E-state index in [1.165, 1.54) is 51.4 Å². The minimum Gasteiger partial charge on any atom is -0.414 e. The van der Waals surface area contributed by atoms with Crippen molar-refractivity contribution < 1.29 is 4.43 Å². The molecule has 0 aromatic carbocycles. The maximum atomic E-state index is 6.34. The average molecular weight is 285 g/mol. The van der Waals surface area contributed by atoms with Crippen molar-refractivity contribution in [3.63, 3.8) is 0 Å². The third-order valence-electron chi connectivity index (χ3n) is 3.71. The molecule has 0 aromatic rings. The van der Waals surface area contributed by atoms with Crippen molar-refractivity contribution in [1.82, 2.24) is 0 Å². The summed E-state index contributed by atoms with van der Waals surface area (Å²) in [6.45, 7) is 13.0. The summed E-state index contributed by atoms with van der Waals surface area (Å²) in [5, 5.41) is 0. The first-order valence-electron chi connectivity index (χ1n) is 8.34. The molecule has 0 heterocycles. The lowest BCUT2D eigenvalue weighted by Gasteiger charge is -2.28. The Hall–Kier alpha value is -0.0831. The maximum absolute atomic E-state index is 6.34. The van der Waals surface area contributed by atoms with E-state index < -0.39 is 8.32 Å². The zero-order valence-corrected chi connectivity index (χ0v) is 14.8. The SMILES string of the molecule is C=CC[Si](C)(C)OC(CC)CCCCCCCCC. The fourth-order valence-electron chi connectivity index (χ4n) is 2.52. The molecule has 0 saturated carbocycles. The highest BCUT2D eigenvalue weighted by Crippen LogP contribution is 2.20. The quantitative estimate of drug-likeness (QED) is 0.219. The largest absolute Gasteiger partial charge is 0.414 e. The van der Waals surface area contributed by atoms with Crippen LogP contribution in [0.1, 0.15) is 71.6 Å². The van der Waals surface area contributed by atoms with Gasteiger partial charge in [0.1, 0.15) is 0 Å². The molecule has 0 saturated heterocycles. The van der Waals surface area contributed by atoms with Crippen LogP contribution in [0.25, 0.3) is 0 Å². The van der Waals surface area contributed by atoms with Crippen molar-refractivity contribution in [2.24, 2.45) is 0 Å². The molecule has 1 atom stereocenters. The third-order valence-corrected chi connectivity index (χ3v) is 5.95. The van der Waals surface area contributed by atoms with Gasteiger partial charge in [0.2, 0.25) is 0 Å². The molecule has 1 nitrogen and oxygen atoms in total. The van der Waals surface area contributed by atoms with Crippen LogP contribution in [-0.4, -0.2) is 14.4 Å². The van der Waals surface area contributed by atoms with Gasteiger partial charge in [0.05, 0.1) is 0 Å². The van der Waals surface area contributed by atoms with Crippen molar-refractivity contribution in [2.45, 2.75) is 96.9 Å². The summed E-state index contributed by atoms with van der Waals surface area (Å²) >= 11 is 0. The average Bonchev–Trinajstić information content (AvgIpc) is 2.36. The summed E-state index contributed by atoms with van der Waals surface area (Å²) in [6, 6.07) is 1.07. The van der Waals surface area contributed by atoms with Crippen molar-refractivity contribution in [3.8, 4) is 0 Å². The predicted octanol–water partition coefficient (Wildman–Crippen LogP) is 6.31. The fraction of sp³-hybridized carbons (Fsp3) is 0.882. The minimum atomic E-state index is -1.49. The van der Waals surface area contributed by atoms with E-state index in [2.05, 4.69) is 33.5 Å². The minimum absolute atomic E-state index is 0.484. The molecule has 0 aliphatic heterocycles. The number of hydrogen-bond donors (Lipinski definition) is 0. The first-order valence-corrected chi connectivity index (χ1v) is 11.5. The lowest BCUT2D eigenvalue weighted by molar-refractivity contribution is 0.173. The molecule has 19 heavy (non-hydrogen) atoms. The molecule has 1 unspecified atom stereocenters. The molecule has 114 valence electrons. The van der Waals surface area contributed by atoms with E-state index in [0.717, 1.165) is 12.5 Å². The van der Waals surface area contributed by atoms with Crippen LogP contribution in [0, 0.1) is 0 Å². The van der Waals surface area contributed by atoms with E-state index in [1.54, 1.807) is 0 Å². The van der Waals surface area contributed by atoms with Gasteiger partial charge >= 0.3 is 0 Å². The first kappa shape index (κ1) is 18.9. The summed E-state index contributed by atoms with van der Waals surface area (Å²) in [5.41, 5.74) is 0. The second-order valence-electron chi connectivity index (χ2n) is 6.31. The Morgan fingerprint density at radius 1 is 1.00 bits per heavy atom. The Kier molecular flexibility index (Phi) is 11.7. The van der Waals surface area contributed by atoms with Crippen molar-refractivity contribution in [3.05, 3.63) is 12.7 Å². The normalized spacial score (nSPS) is 13.5.